The minimum absolute atomic E-state index is 0.161. The molecule has 2 heterocycles. The molecule has 0 unspecified atom stereocenters. The lowest BCUT2D eigenvalue weighted by molar-refractivity contribution is -0.116. The van der Waals surface area contributed by atoms with Crippen LogP contribution in [0.1, 0.15) is 37.1 Å². The van der Waals surface area contributed by atoms with Gasteiger partial charge in [-0.2, -0.15) is 9.29 Å². The van der Waals surface area contributed by atoms with Crippen LogP contribution in [0.15, 0.2) is 40.0 Å². The fourth-order valence-corrected chi connectivity index (χ4v) is 4.97. The molecule has 1 fully saturated rings. The predicted octanol–water partition coefficient (Wildman–Crippen LogP) is 2.06. The number of amides is 1. The van der Waals surface area contributed by atoms with Gasteiger partial charge in [0, 0.05) is 30.2 Å². The second kappa shape index (κ2) is 8.87. The van der Waals surface area contributed by atoms with E-state index < -0.39 is 15.7 Å². The van der Waals surface area contributed by atoms with Gasteiger partial charge in [-0.3, -0.25) is 9.36 Å². The quantitative estimate of drug-likeness (QED) is 0.801. The Hall–Kier alpha value is -2.52. The van der Waals surface area contributed by atoms with E-state index >= 15 is 0 Å². The molecule has 2 aromatic rings. The number of carbonyl (C=O) groups excluding carboxylic acids is 1. The summed E-state index contributed by atoms with van der Waals surface area (Å²) in [7, 11) is -3.53. The van der Waals surface area contributed by atoms with Crippen molar-refractivity contribution in [3.8, 4) is 0 Å². The van der Waals surface area contributed by atoms with Gasteiger partial charge in [0.15, 0.2) is 0 Å². The zero-order valence-corrected chi connectivity index (χ0v) is 17.5. The first kappa shape index (κ1) is 21.2. The Labute approximate surface area is 170 Å². The largest absolute Gasteiger partial charge is 0.348 e. The number of benzene rings is 1. The van der Waals surface area contributed by atoms with E-state index in [0.717, 1.165) is 25.7 Å². The number of aryl methyl sites for hydroxylation is 2. The Morgan fingerprint density at radius 1 is 1.07 bits per heavy atom. The van der Waals surface area contributed by atoms with Gasteiger partial charge < -0.3 is 5.32 Å². The molecule has 1 aromatic carbocycles. The minimum Gasteiger partial charge on any atom is -0.325 e. The van der Waals surface area contributed by atoms with E-state index in [9.17, 15) is 18.0 Å². The van der Waals surface area contributed by atoms with Crippen molar-refractivity contribution in [1.82, 2.24) is 13.9 Å². The average molecular weight is 419 g/mol. The highest BCUT2D eigenvalue weighted by Gasteiger charge is 2.25. The predicted molar refractivity (Wildman–Crippen MR) is 110 cm³/mol. The zero-order chi connectivity index (χ0) is 21.0. The van der Waals surface area contributed by atoms with E-state index in [-0.39, 0.29) is 17.3 Å². The van der Waals surface area contributed by atoms with Crippen molar-refractivity contribution < 1.29 is 13.2 Å². The molecule has 0 atom stereocenters. The van der Waals surface area contributed by atoms with E-state index in [0.29, 0.717) is 30.2 Å². The van der Waals surface area contributed by atoms with E-state index in [1.54, 1.807) is 32.0 Å². The SMILES string of the molecule is Cc1cc(C)n(CC(=O)Nc2ccc(S(=O)(=O)N3CCCCCC3)cc2)c(=O)n1. The molecule has 1 amide bonds. The van der Waals surface area contributed by atoms with Gasteiger partial charge in [-0.15, -0.1) is 0 Å². The summed E-state index contributed by atoms with van der Waals surface area (Å²) in [6, 6.07) is 7.86. The average Bonchev–Trinajstić information content (AvgIpc) is 2.95. The first-order chi connectivity index (χ1) is 13.8. The molecule has 9 heteroatoms. The zero-order valence-electron chi connectivity index (χ0n) is 16.7. The Kier molecular flexibility index (Phi) is 6.49. The molecule has 0 radical (unpaired) electrons. The standard InChI is InChI=1S/C20H26N4O4S/c1-15-13-16(2)24(20(26)21-15)14-19(25)22-17-7-9-18(10-8-17)29(27,28)23-11-5-3-4-6-12-23/h7-10,13H,3-6,11-12,14H2,1-2H3,(H,22,25). The van der Waals surface area contributed by atoms with Gasteiger partial charge >= 0.3 is 5.69 Å². The van der Waals surface area contributed by atoms with Gasteiger partial charge in [0.2, 0.25) is 15.9 Å². The fraction of sp³-hybridized carbons (Fsp3) is 0.450. The maximum atomic E-state index is 12.8. The van der Waals surface area contributed by atoms with Gasteiger partial charge in [-0.25, -0.2) is 13.2 Å². The smallest absolute Gasteiger partial charge is 0.325 e. The molecule has 156 valence electrons. The van der Waals surface area contributed by atoms with Crippen molar-refractivity contribution in [1.29, 1.82) is 0 Å². The second-order valence-corrected chi connectivity index (χ2v) is 9.24. The number of sulfonamides is 1. The van der Waals surface area contributed by atoms with Crippen LogP contribution < -0.4 is 11.0 Å². The van der Waals surface area contributed by atoms with E-state index in [1.807, 2.05) is 0 Å². The Bertz CT molecular complexity index is 1040. The normalized spacial score (nSPS) is 15.7. The maximum absolute atomic E-state index is 12.8. The molecular formula is C20H26N4O4S. The van der Waals surface area contributed by atoms with Crippen molar-refractivity contribution in [2.24, 2.45) is 0 Å². The summed E-state index contributed by atoms with van der Waals surface area (Å²) in [5.41, 5.74) is 1.24. The van der Waals surface area contributed by atoms with Crippen LogP contribution in [0.3, 0.4) is 0 Å². The highest BCUT2D eigenvalue weighted by molar-refractivity contribution is 7.89. The summed E-state index contributed by atoms with van der Waals surface area (Å²) < 4.78 is 28.4. The maximum Gasteiger partial charge on any atom is 0.348 e. The number of aromatic nitrogens is 2. The molecule has 0 spiro atoms. The van der Waals surface area contributed by atoms with Gasteiger partial charge in [-0.05, 0) is 57.0 Å². The Morgan fingerprint density at radius 3 is 2.28 bits per heavy atom. The van der Waals surface area contributed by atoms with Crippen LogP contribution in [0.4, 0.5) is 5.69 Å². The summed E-state index contributed by atoms with van der Waals surface area (Å²) in [6.45, 7) is 4.39. The Morgan fingerprint density at radius 2 is 1.69 bits per heavy atom. The van der Waals surface area contributed by atoms with Crippen LogP contribution >= 0.6 is 0 Å². The monoisotopic (exact) mass is 418 g/mol. The van der Waals surface area contributed by atoms with E-state index in [1.165, 1.54) is 21.0 Å². The molecule has 0 aliphatic carbocycles. The third-order valence-electron chi connectivity index (χ3n) is 4.99. The van der Waals surface area contributed by atoms with Crippen molar-refractivity contribution in [2.45, 2.75) is 51.0 Å². The highest BCUT2D eigenvalue weighted by atomic mass is 32.2. The lowest BCUT2D eigenvalue weighted by Gasteiger charge is -2.20. The van der Waals surface area contributed by atoms with Gasteiger partial charge in [0.25, 0.3) is 0 Å². The molecule has 1 aromatic heterocycles. The van der Waals surface area contributed by atoms with Crippen LogP contribution in [0.25, 0.3) is 0 Å². The molecule has 8 nitrogen and oxygen atoms in total. The first-order valence-electron chi connectivity index (χ1n) is 9.72. The molecule has 0 bridgehead atoms. The van der Waals surface area contributed by atoms with Crippen LogP contribution in [-0.4, -0.2) is 41.3 Å². The summed E-state index contributed by atoms with van der Waals surface area (Å²) in [6.07, 6.45) is 3.85. The Balaban J connectivity index is 1.69. The van der Waals surface area contributed by atoms with Crippen molar-refractivity contribution in [3.05, 3.63) is 52.2 Å². The lowest BCUT2D eigenvalue weighted by atomic mass is 10.2. The third-order valence-corrected chi connectivity index (χ3v) is 6.90. The van der Waals surface area contributed by atoms with Gasteiger partial charge in [-0.1, -0.05) is 12.8 Å². The summed E-state index contributed by atoms with van der Waals surface area (Å²) >= 11 is 0. The first-order valence-corrected chi connectivity index (χ1v) is 11.2. The van der Waals surface area contributed by atoms with Crippen molar-refractivity contribution >= 4 is 21.6 Å². The number of nitrogens with one attached hydrogen (secondary N) is 1. The number of rotatable bonds is 5. The number of hydrogen-bond acceptors (Lipinski definition) is 5. The number of carbonyl (C=O) groups is 1. The highest BCUT2D eigenvalue weighted by Crippen LogP contribution is 2.21. The molecule has 29 heavy (non-hydrogen) atoms. The molecule has 1 aliphatic heterocycles. The number of hydrogen-bond donors (Lipinski definition) is 1. The third kappa shape index (κ3) is 5.10. The van der Waals surface area contributed by atoms with Gasteiger partial charge in [0.1, 0.15) is 6.54 Å². The van der Waals surface area contributed by atoms with Gasteiger partial charge in [0.05, 0.1) is 4.90 Å². The number of nitrogens with zero attached hydrogens (tertiary/aromatic N) is 3. The molecule has 3 rings (SSSR count). The molecular weight excluding hydrogens is 392 g/mol. The van der Waals surface area contributed by atoms with Crippen molar-refractivity contribution in [3.63, 3.8) is 0 Å². The minimum atomic E-state index is -3.53. The molecule has 1 N–H and O–H groups in total. The topological polar surface area (TPSA) is 101 Å². The van der Waals surface area contributed by atoms with Crippen LogP contribution in [0.5, 0.6) is 0 Å². The molecule has 1 aliphatic rings. The van der Waals surface area contributed by atoms with Crippen LogP contribution in [0.2, 0.25) is 0 Å². The second-order valence-electron chi connectivity index (χ2n) is 7.30. The summed E-state index contributed by atoms with van der Waals surface area (Å²) in [5, 5.41) is 2.69. The lowest BCUT2D eigenvalue weighted by Crippen LogP contribution is -2.32. The summed E-state index contributed by atoms with van der Waals surface area (Å²) in [5.74, 6) is -0.385. The molecule has 0 saturated carbocycles. The van der Waals surface area contributed by atoms with Crippen molar-refractivity contribution in [2.75, 3.05) is 18.4 Å². The van der Waals surface area contributed by atoms with E-state index in [4.69, 9.17) is 0 Å². The molecule has 1 saturated heterocycles. The van der Waals surface area contributed by atoms with E-state index in [2.05, 4.69) is 10.3 Å². The van der Waals surface area contributed by atoms with Crippen LogP contribution in [-0.2, 0) is 21.4 Å². The summed E-state index contributed by atoms with van der Waals surface area (Å²) in [4.78, 5) is 28.3. The number of anilines is 1. The van der Waals surface area contributed by atoms with Crippen LogP contribution in [0, 0.1) is 13.8 Å². The fourth-order valence-electron chi connectivity index (χ4n) is 3.45.